The fourth-order valence-corrected chi connectivity index (χ4v) is 14.1. The zero-order chi connectivity index (χ0) is 41.4. The summed E-state index contributed by atoms with van der Waals surface area (Å²) in [6, 6.07) is 84.1. The van der Waals surface area contributed by atoms with E-state index < -0.39 is 8.07 Å². The molecule has 0 N–H and O–H groups in total. The number of hydrogen-bond acceptors (Lipinski definition) is 2. The minimum atomic E-state index is -2.73. The molecule has 0 aliphatic heterocycles. The van der Waals surface area contributed by atoms with Gasteiger partial charge in [-0.15, -0.1) is 0 Å². The molecule has 2 nitrogen and oxygen atoms in total. The first-order valence-electron chi connectivity index (χ1n) is 21.2. The highest BCUT2D eigenvalue weighted by molar-refractivity contribution is 7.19. The minimum Gasteiger partial charge on any atom is -0.453 e. The Morgan fingerprint density at radius 1 is 0.377 bits per heavy atom. The van der Waals surface area contributed by atoms with Gasteiger partial charge in [-0.1, -0.05) is 221 Å². The molecule has 0 saturated heterocycles. The standard InChI is InChI=1S/C58H47NOSi/c1-58(2,3)53-40-41-54(57-55(53)52-31-19-30-51(56(52)60-57)44-22-11-5-12-23-44)59(45-34-32-43(33-35-45)42-20-9-4-10-21-42)46-36-38-50(39-37-46)61(47-24-13-6-14-25-47,48-26-15-7-16-27-48)49-28-17-8-18-29-49/h4-41H,1-3H3. The highest BCUT2D eigenvalue weighted by Crippen LogP contribution is 2.47. The van der Waals surface area contributed by atoms with Crippen LogP contribution in [0.4, 0.5) is 17.1 Å². The number of hydrogen-bond donors (Lipinski definition) is 0. The van der Waals surface area contributed by atoms with Crippen LogP contribution >= 0.6 is 0 Å². The van der Waals surface area contributed by atoms with Crippen LogP contribution in [0.2, 0.25) is 0 Å². The summed E-state index contributed by atoms with van der Waals surface area (Å²) < 4.78 is 7.24. The van der Waals surface area contributed by atoms with Gasteiger partial charge in [0.25, 0.3) is 0 Å². The highest BCUT2D eigenvalue weighted by atomic mass is 28.3. The summed E-state index contributed by atoms with van der Waals surface area (Å²) in [5, 5.41) is 7.66. The molecule has 1 heterocycles. The first kappa shape index (κ1) is 38.0. The first-order valence-corrected chi connectivity index (χ1v) is 23.2. The molecule has 0 saturated carbocycles. The van der Waals surface area contributed by atoms with Crippen molar-refractivity contribution in [2.45, 2.75) is 26.2 Å². The maximum Gasteiger partial charge on any atom is 0.179 e. The van der Waals surface area contributed by atoms with Crippen LogP contribution in [0.15, 0.2) is 235 Å². The summed E-state index contributed by atoms with van der Waals surface area (Å²) in [7, 11) is -2.73. The van der Waals surface area contributed by atoms with Gasteiger partial charge in [-0.3, -0.25) is 0 Å². The predicted molar refractivity (Wildman–Crippen MR) is 262 cm³/mol. The monoisotopic (exact) mass is 801 g/mol. The Hall–Kier alpha value is -7.20. The highest BCUT2D eigenvalue weighted by Gasteiger charge is 2.41. The number of furan rings is 1. The molecule has 9 aromatic carbocycles. The van der Waals surface area contributed by atoms with Crippen molar-refractivity contribution in [2.24, 2.45) is 0 Å². The molecule has 10 rings (SSSR count). The third kappa shape index (κ3) is 6.78. The Morgan fingerprint density at radius 3 is 1.33 bits per heavy atom. The van der Waals surface area contributed by atoms with Crippen molar-refractivity contribution in [3.63, 3.8) is 0 Å². The van der Waals surface area contributed by atoms with E-state index in [1.807, 2.05) is 0 Å². The SMILES string of the molecule is CC(C)(C)c1ccc(N(c2ccc(-c3ccccc3)cc2)c2ccc([Si](c3ccccc3)(c3ccccc3)c3ccccc3)cc2)c2oc3c(-c4ccccc4)cccc3c12. The molecule has 0 aliphatic carbocycles. The number of fused-ring (bicyclic) bond motifs is 3. The van der Waals surface area contributed by atoms with Gasteiger partial charge in [-0.25, -0.2) is 0 Å². The quantitative estimate of drug-likeness (QED) is 0.107. The number of benzene rings is 9. The van der Waals surface area contributed by atoms with Crippen molar-refractivity contribution in [3.05, 3.63) is 236 Å². The maximum atomic E-state index is 7.24. The minimum absolute atomic E-state index is 0.125. The van der Waals surface area contributed by atoms with Crippen LogP contribution in [0.1, 0.15) is 26.3 Å². The van der Waals surface area contributed by atoms with E-state index in [0.29, 0.717) is 0 Å². The average molecular weight is 802 g/mol. The molecule has 0 fully saturated rings. The van der Waals surface area contributed by atoms with Crippen LogP contribution in [0.3, 0.4) is 0 Å². The molecule has 0 aliphatic rings. The summed E-state index contributed by atoms with van der Waals surface area (Å²) in [6.45, 7) is 6.88. The normalized spacial score (nSPS) is 11.9. The molecule has 1 aromatic heterocycles. The second-order valence-electron chi connectivity index (χ2n) is 16.9. The van der Waals surface area contributed by atoms with E-state index in [1.54, 1.807) is 0 Å². The van der Waals surface area contributed by atoms with E-state index in [9.17, 15) is 0 Å². The van der Waals surface area contributed by atoms with Gasteiger partial charge in [0.1, 0.15) is 5.58 Å². The van der Waals surface area contributed by atoms with Crippen LogP contribution < -0.4 is 25.6 Å². The largest absolute Gasteiger partial charge is 0.453 e. The number of rotatable bonds is 9. The van der Waals surface area contributed by atoms with Crippen molar-refractivity contribution in [2.75, 3.05) is 4.90 Å². The summed E-state index contributed by atoms with van der Waals surface area (Å²) in [5.74, 6) is 0. The summed E-state index contributed by atoms with van der Waals surface area (Å²) in [4.78, 5) is 2.38. The summed E-state index contributed by atoms with van der Waals surface area (Å²) in [5.41, 5.74) is 10.6. The van der Waals surface area contributed by atoms with Gasteiger partial charge in [0.05, 0.1) is 5.69 Å². The number of nitrogens with zero attached hydrogens (tertiary/aromatic N) is 1. The second kappa shape index (κ2) is 15.8. The lowest BCUT2D eigenvalue weighted by Crippen LogP contribution is -2.74. The molecule has 0 unspecified atom stereocenters. The molecule has 10 aromatic rings. The molecular formula is C58H47NOSi. The smallest absolute Gasteiger partial charge is 0.179 e. The molecule has 0 bridgehead atoms. The van der Waals surface area contributed by atoms with E-state index in [0.717, 1.165) is 50.1 Å². The van der Waals surface area contributed by atoms with Crippen LogP contribution in [-0.4, -0.2) is 8.07 Å². The van der Waals surface area contributed by atoms with E-state index >= 15 is 0 Å². The molecule has 61 heavy (non-hydrogen) atoms. The topological polar surface area (TPSA) is 16.4 Å². The Bertz CT molecular complexity index is 2970. The van der Waals surface area contributed by atoms with Gasteiger partial charge in [-0.05, 0) is 78.7 Å². The van der Waals surface area contributed by atoms with Gasteiger partial charge in [0, 0.05) is 27.7 Å². The zero-order valence-corrected chi connectivity index (χ0v) is 35.8. The van der Waals surface area contributed by atoms with Crippen molar-refractivity contribution in [1.29, 1.82) is 0 Å². The summed E-state index contributed by atoms with van der Waals surface area (Å²) in [6.07, 6.45) is 0. The lowest BCUT2D eigenvalue weighted by Gasteiger charge is -2.35. The van der Waals surface area contributed by atoms with Crippen LogP contribution in [0.25, 0.3) is 44.2 Å². The fourth-order valence-electron chi connectivity index (χ4n) is 9.32. The van der Waals surface area contributed by atoms with Crippen LogP contribution in [0, 0.1) is 0 Å². The predicted octanol–water partition coefficient (Wildman–Crippen LogP) is 13.1. The second-order valence-corrected chi connectivity index (χ2v) is 20.7. The molecule has 0 atom stereocenters. The van der Waals surface area contributed by atoms with Crippen molar-refractivity contribution >= 4 is 67.8 Å². The Balaban J connectivity index is 1.22. The molecule has 0 amide bonds. The fraction of sp³-hybridized carbons (Fsp3) is 0.0690. The van der Waals surface area contributed by atoms with Crippen LogP contribution in [-0.2, 0) is 5.41 Å². The Morgan fingerprint density at radius 2 is 0.820 bits per heavy atom. The number of anilines is 3. The molecular weight excluding hydrogens is 755 g/mol. The van der Waals surface area contributed by atoms with E-state index in [-0.39, 0.29) is 5.41 Å². The Kier molecular flexibility index (Phi) is 9.83. The Labute approximate surface area is 360 Å². The summed E-state index contributed by atoms with van der Waals surface area (Å²) >= 11 is 0. The molecule has 0 radical (unpaired) electrons. The van der Waals surface area contributed by atoms with Crippen molar-refractivity contribution in [3.8, 4) is 22.3 Å². The average Bonchev–Trinajstić information content (AvgIpc) is 3.72. The van der Waals surface area contributed by atoms with Gasteiger partial charge < -0.3 is 9.32 Å². The lowest BCUT2D eigenvalue weighted by atomic mass is 9.83. The van der Waals surface area contributed by atoms with Gasteiger partial charge in [0.2, 0.25) is 0 Å². The molecule has 0 spiro atoms. The van der Waals surface area contributed by atoms with Gasteiger partial charge in [-0.2, -0.15) is 0 Å². The third-order valence-corrected chi connectivity index (χ3v) is 17.0. The van der Waals surface area contributed by atoms with E-state index in [4.69, 9.17) is 4.42 Å². The van der Waals surface area contributed by atoms with Gasteiger partial charge >= 0.3 is 0 Å². The number of para-hydroxylation sites is 1. The third-order valence-electron chi connectivity index (χ3n) is 12.2. The first-order chi connectivity index (χ1) is 29.9. The zero-order valence-electron chi connectivity index (χ0n) is 34.8. The van der Waals surface area contributed by atoms with E-state index in [2.05, 4.69) is 256 Å². The maximum absolute atomic E-state index is 7.24. The van der Waals surface area contributed by atoms with Crippen molar-refractivity contribution < 1.29 is 4.42 Å². The van der Waals surface area contributed by atoms with E-state index in [1.165, 1.54) is 37.4 Å². The van der Waals surface area contributed by atoms with Crippen LogP contribution in [0.5, 0.6) is 0 Å². The lowest BCUT2D eigenvalue weighted by molar-refractivity contribution is 0.595. The van der Waals surface area contributed by atoms with Crippen molar-refractivity contribution in [1.82, 2.24) is 0 Å². The van der Waals surface area contributed by atoms with Gasteiger partial charge in [0.15, 0.2) is 13.7 Å². The molecule has 3 heteroatoms. The molecule has 294 valence electrons.